The standard InChI is InChI=1S/C23H25NO3/c1-13-11-15-12-14(9-10-20(15)27-13)21-22-16(5-3-7-18(22)25)24(2)17-6-4-8-19(26)23(17)21/h9-10,12-13,21H,3-8,11H2,1-2H3/t13-/m0/s1. The van der Waals surface area contributed by atoms with E-state index in [0.29, 0.717) is 12.8 Å². The molecule has 2 heterocycles. The number of fused-ring (bicyclic) bond motifs is 1. The molecular formula is C23H25NO3. The summed E-state index contributed by atoms with van der Waals surface area (Å²) in [6.07, 6.45) is 5.89. The highest BCUT2D eigenvalue weighted by Crippen LogP contribution is 2.49. The molecule has 4 nitrogen and oxygen atoms in total. The quantitative estimate of drug-likeness (QED) is 0.755. The minimum Gasteiger partial charge on any atom is -0.490 e. The zero-order valence-electron chi connectivity index (χ0n) is 16.0. The molecular weight excluding hydrogens is 338 g/mol. The van der Waals surface area contributed by atoms with Gasteiger partial charge in [0.15, 0.2) is 11.6 Å². The number of ether oxygens (including phenoxy) is 1. The number of nitrogens with zero attached hydrogens (tertiary/aromatic N) is 1. The van der Waals surface area contributed by atoms with Crippen LogP contribution in [0.15, 0.2) is 40.7 Å². The first-order valence-corrected chi connectivity index (χ1v) is 10.1. The molecule has 2 aliphatic heterocycles. The van der Waals surface area contributed by atoms with Gasteiger partial charge in [0.2, 0.25) is 0 Å². The zero-order chi connectivity index (χ0) is 18.7. The number of benzene rings is 1. The molecule has 0 saturated heterocycles. The van der Waals surface area contributed by atoms with Gasteiger partial charge >= 0.3 is 0 Å². The third-order valence-corrected chi connectivity index (χ3v) is 6.50. The van der Waals surface area contributed by atoms with Crippen LogP contribution in [0.4, 0.5) is 0 Å². The highest BCUT2D eigenvalue weighted by molar-refractivity contribution is 6.06. The molecule has 0 aromatic heterocycles. The Morgan fingerprint density at radius 1 is 0.963 bits per heavy atom. The molecule has 0 N–H and O–H groups in total. The molecule has 4 heteroatoms. The number of Topliss-reactive ketones (excluding diaryl/α,β-unsaturated/α-hetero) is 2. The first kappa shape index (κ1) is 16.8. The van der Waals surface area contributed by atoms with Gasteiger partial charge in [-0.2, -0.15) is 0 Å². The summed E-state index contributed by atoms with van der Waals surface area (Å²) in [5.41, 5.74) is 6.26. The van der Waals surface area contributed by atoms with Crippen molar-refractivity contribution in [1.29, 1.82) is 0 Å². The van der Waals surface area contributed by atoms with Crippen molar-refractivity contribution in [3.63, 3.8) is 0 Å². The Labute approximate surface area is 159 Å². The Balaban J connectivity index is 1.70. The van der Waals surface area contributed by atoms with Gasteiger partial charge in [0.1, 0.15) is 11.9 Å². The molecule has 0 amide bonds. The second kappa shape index (κ2) is 6.08. The molecule has 140 valence electrons. The van der Waals surface area contributed by atoms with Crippen LogP contribution < -0.4 is 4.74 Å². The first-order chi connectivity index (χ1) is 13.0. The highest BCUT2D eigenvalue weighted by atomic mass is 16.5. The fourth-order valence-electron chi connectivity index (χ4n) is 5.31. The number of allylic oxidation sites excluding steroid dienone is 4. The number of carbonyl (C=O) groups excluding carboxylic acids is 2. The van der Waals surface area contributed by atoms with Crippen molar-refractivity contribution in [3.8, 4) is 5.75 Å². The molecule has 1 aromatic rings. The lowest BCUT2D eigenvalue weighted by Gasteiger charge is -2.42. The lowest BCUT2D eigenvalue weighted by molar-refractivity contribution is -0.117. The van der Waals surface area contributed by atoms with Crippen LogP contribution in [0.1, 0.15) is 62.5 Å². The summed E-state index contributed by atoms with van der Waals surface area (Å²) < 4.78 is 5.86. The van der Waals surface area contributed by atoms with Gasteiger partial charge in [-0.25, -0.2) is 0 Å². The third kappa shape index (κ3) is 2.49. The van der Waals surface area contributed by atoms with Crippen molar-refractivity contribution in [3.05, 3.63) is 51.9 Å². The van der Waals surface area contributed by atoms with Crippen LogP contribution in [-0.2, 0) is 16.0 Å². The normalized spacial score (nSPS) is 25.4. The second-order valence-electron chi connectivity index (χ2n) is 8.27. The van der Waals surface area contributed by atoms with Crippen LogP contribution in [0.25, 0.3) is 0 Å². The summed E-state index contributed by atoms with van der Waals surface area (Å²) in [6, 6.07) is 6.26. The summed E-state index contributed by atoms with van der Waals surface area (Å²) >= 11 is 0. The lowest BCUT2D eigenvalue weighted by Crippen LogP contribution is -2.37. The number of ketones is 2. The van der Waals surface area contributed by atoms with Gasteiger partial charge in [-0.05, 0) is 49.8 Å². The Bertz CT molecular complexity index is 880. The summed E-state index contributed by atoms with van der Waals surface area (Å²) in [5.74, 6) is 1.16. The predicted molar refractivity (Wildman–Crippen MR) is 103 cm³/mol. The zero-order valence-corrected chi connectivity index (χ0v) is 16.0. The molecule has 4 aliphatic rings. The van der Waals surface area contributed by atoms with Crippen LogP contribution >= 0.6 is 0 Å². The van der Waals surface area contributed by atoms with Crippen molar-refractivity contribution in [2.75, 3.05) is 7.05 Å². The molecule has 0 spiro atoms. The average molecular weight is 363 g/mol. The molecule has 0 unspecified atom stereocenters. The molecule has 2 aliphatic carbocycles. The van der Waals surface area contributed by atoms with Gasteiger partial charge in [0.25, 0.3) is 0 Å². The van der Waals surface area contributed by atoms with E-state index in [1.807, 2.05) is 13.1 Å². The lowest BCUT2D eigenvalue weighted by atomic mass is 9.71. The number of rotatable bonds is 1. The van der Waals surface area contributed by atoms with Crippen molar-refractivity contribution >= 4 is 11.6 Å². The van der Waals surface area contributed by atoms with Gasteiger partial charge < -0.3 is 9.64 Å². The summed E-state index contributed by atoms with van der Waals surface area (Å²) in [4.78, 5) is 28.1. The molecule has 5 rings (SSSR count). The van der Waals surface area contributed by atoms with E-state index < -0.39 is 0 Å². The van der Waals surface area contributed by atoms with Gasteiger partial charge in [-0.1, -0.05) is 12.1 Å². The maximum Gasteiger partial charge on any atom is 0.161 e. The van der Waals surface area contributed by atoms with E-state index in [4.69, 9.17) is 4.74 Å². The molecule has 27 heavy (non-hydrogen) atoms. The topological polar surface area (TPSA) is 46.6 Å². The van der Waals surface area contributed by atoms with E-state index in [1.54, 1.807) is 0 Å². The van der Waals surface area contributed by atoms with E-state index in [0.717, 1.165) is 66.0 Å². The fraction of sp³-hybridized carbons (Fsp3) is 0.478. The Morgan fingerprint density at radius 3 is 2.22 bits per heavy atom. The average Bonchev–Trinajstić information content (AvgIpc) is 3.02. The van der Waals surface area contributed by atoms with Crippen LogP contribution in [0.2, 0.25) is 0 Å². The highest BCUT2D eigenvalue weighted by Gasteiger charge is 2.42. The second-order valence-corrected chi connectivity index (χ2v) is 8.27. The molecule has 0 radical (unpaired) electrons. The molecule has 1 aromatic carbocycles. The third-order valence-electron chi connectivity index (χ3n) is 6.50. The fourth-order valence-corrected chi connectivity index (χ4v) is 5.31. The summed E-state index contributed by atoms with van der Waals surface area (Å²) in [5, 5.41) is 0. The molecule has 0 fully saturated rings. The molecule has 1 atom stereocenters. The van der Waals surface area contributed by atoms with Crippen LogP contribution in [0.5, 0.6) is 5.75 Å². The Morgan fingerprint density at radius 2 is 1.59 bits per heavy atom. The van der Waals surface area contributed by atoms with E-state index in [-0.39, 0.29) is 23.6 Å². The first-order valence-electron chi connectivity index (χ1n) is 10.1. The maximum absolute atomic E-state index is 13.0. The van der Waals surface area contributed by atoms with Gasteiger partial charge in [0.05, 0.1) is 0 Å². The number of hydrogen-bond acceptors (Lipinski definition) is 4. The van der Waals surface area contributed by atoms with E-state index in [2.05, 4.69) is 24.0 Å². The van der Waals surface area contributed by atoms with Crippen LogP contribution in [0.3, 0.4) is 0 Å². The van der Waals surface area contributed by atoms with Crippen molar-refractivity contribution in [2.45, 2.75) is 63.9 Å². The van der Waals surface area contributed by atoms with E-state index >= 15 is 0 Å². The van der Waals surface area contributed by atoms with Gasteiger partial charge in [0, 0.05) is 54.8 Å². The molecule has 0 saturated carbocycles. The minimum absolute atomic E-state index is 0.185. The van der Waals surface area contributed by atoms with Crippen LogP contribution in [-0.4, -0.2) is 29.6 Å². The largest absolute Gasteiger partial charge is 0.490 e. The van der Waals surface area contributed by atoms with Gasteiger partial charge in [-0.3, -0.25) is 9.59 Å². The summed E-state index contributed by atoms with van der Waals surface area (Å²) in [7, 11) is 2.04. The molecule has 0 bridgehead atoms. The van der Waals surface area contributed by atoms with Gasteiger partial charge in [-0.15, -0.1) is 0 Å². The number of hydrogen-bond donors (Lipinski definition) is 0. The smallest absolute Gasteiger partial charge is 0.161 e. The predicted octanol–water partition coefficient (Wildman–Crippen LogP) is 4.05. The minimum atomic E-state index is -0.201. The van der Waals surface area contributed by atoms with Crippen LogP contribution in [0, 0.1) is 0 Å². The SMILES string of the molecule is C[C@H]1Cc2cc(C3C4=C(CCCC4=O)N(C)C4=C3C(=O)CCC4)ccc2O1. The Hall–Kier alpha value is -2.36. The van der Waals surface area contributed by atoms with Crippen molar-refractivity contribution < 1.29 is 14.3 Å². The summed E-state index contributed by atoms with van der Waals surface area (Å²) in [6.45, 7) is 2.08. The Kier molecular flexibility index (Phi) is 3.78. The number of carbonyl (C=O) groups is 2. The van der Waals surface area contributed by atoms with Crippen molar-refractivity contribution in [1.82, 2.24) is 4.90 Å². The van der Waals surface area contributed by atoms with E-state index in [9.17, 15) is 9.59 Å². The van der Waals surface area contributed by atoms with E-state index in [1.165, 1.54) is 5.56 Å². The monoisotopic (exact) mass is 363 g/mol. The maximum atomic E-state index is 13.0. The van der Waals surface area contributed by atoms with Crippen molar-refractivity contribution in [2.24, 2.45) is 0 Å².